The summed E-state index contributed by atoms with van der Waals surface area (Å²) in [5.74, 6) is 0.179. The first-order valence-corrected chi connectivity index (χ1v) is 6.07. The van der Waals surface area contributed by atoms with Gasteiger partial charge in [-0.2, -0.15) is 4.57 Å². The predicted octanol–water partition coefficient (Wildman–Crippen LogP) is 2.31. The lowest BCUT2D eigenvalue weighted by Gasteiger charge is -1.97. The van der Waals surface area contributed by atoms with Crippen molar-refractivity contribution < 1.29 is 9.36 Å². The van der Waals surface area contributed by atoms with E-state index in [1.165, 1.54) is 5.69 Å². The van der Waals surface area contributed by atoms with Crippen molar-refractivity contribution in [1.29, 1.82) is 0 Å². The van der Waals surface area contributed by atoms with Gasteiger partial charge in [0.15, 0.2) is 11.5 Å². The number of Topliss-reactive ketones (excluding diaryl/α,β-unsaturated/α-hetero) is 1. The molecule has 0 N–H and O–H groups in total. The van der Waals surface area contributed by atoms with Crippen molar-refractivity contribution in [2.75, 3.05) is 0 Å². The van der Waals surface area contributed by atoms with Gasteiger partial charge in [0.1, 0.15) is 13.5 Å². The minimum Gasteiger partial charge on any atom is -0.294 e. The number of carbonyl (C=O) groups is 1. The summed E-state index contributed by atoms with van der Waals surface area (Å²) in [5, 5.41) is 3.18. The lowest BCUT2D eigenvalue weighted by molar-refractivity contribution is -0.679. The summed E-state index contributed by atoms with van der Waals surface area (Å²) in [7, 11) is 2.00. The number of ketones is 1. The molecule has 16 heavy (non-hydrogen) atoms. The average Bonchev–Trinajstić information content (AvgIpc) is 2.62. The van der Waals surface area contributed by atoms with E-state index in [-0.39, 0.29) is 5.78 Å². The lowest BCUT2D eigenvalue weighted by atomic mass is 10.1. The van der Waals surface area contributed by atoms with Crippen molar-refractivity contribution in [1.82, 2.24) is 0 Å². The first kappa shape index (κ1) is 11.0. The maximum atomic E-state index is 12.0. The normalized spacial score (nSPS) is 10.4. The van der Waals surface area contributed by atoms with Crippen molar-refractivity contribution in [2.45, 2.75) is 13.3 Å². The van der Waals surface area contributed by atoms with E-state index in [0.717, 1.165) is 10.6 Å². The van der Waals surface area contributed by atoms with Crippen LogP contribution in [0, 0.1) is 6.92 Å². The van der Waals surface area contributed by atoms with Gasteiger partial charge in [0, 0.05) is 12.5 Å². The summed E-state index contributed by atoms with van der Waals surface area (Å²) >= 11 is 1.64. The van der Waals surface area contributed by atoms with Crippen LogP contribution in [0.15, 0.2) is 35.7 Å². The molecule has 1 aromatic heterocycles. The smallest absolute Gasteiger partial charge is 0.245 e. The number of nitrogens with zero attached hydrogens (tertiary/aromatic N) is 1. The number of rotatable bonds is 3. The van der Waals surface area contributed by atoms with E-state index in [0.29, 0.717) is 6.42 Å². The van der Waals surface area contributed by atoms with Crippen LogP contribution in [-0.4, -0.2) is 5.78 Å². The number of aryl methyl sites for hydroxylation is 1. The maximum Gasteiger partial charge on any atom is 0.245 e. The molecule has 0 fully saturated rings. The molecule has 0 radical (unpaired) electrons. The molecule has 0 bridgehead atoms. The second kappa shape index (κ2) is 4.58. The standard InChI is InChI=1S/C13H14NOS/c1-10-9-16-13(14(10)2)8-12(15)11-6-4-3-5-7-11/h3-7,9H,8H2,1-2H3/q+1. The average molecular weight is 232 g/mol. The first-order chi connectivity index (χ1) is 7.68. The second-order valence-corrected chi connectivity index (χ2v) is 4.74. The quantitative estimate of drug-likeness (QED) is 0.587. The Balaban J connectivity index is 2.17. The molecular weight excluding hydrogens is 218 g/mol. The largest absolute Gasteiger partial charge is 0.294 e. The summed E-state index contributed by atoms with van der Waals surface area (Å²) in [6.07, 6.45) is 0.485. The number of hydrogen-bond donors (Lipinski definition) is 0. The zero-order valence-electron chi connectivity index (χ0n) is 9.43. The molecule has 2 nitrogen and oxygen atoms in total. The van der Waals surface area contributed by atoms with Gasteiger partial charge in [-0.05, 0) is 0 Å². The minimum absolute atomic E-state index is 0.179. The molecule has 0 saturated carbocycles. The molecule has 0 saturated heterocycles. The van der Waals surface area contributed by atoms with Crippen LogP contribution < -0.4 is 4.57 Å². The van der Waals surface area contributed by atoms with Crippen LogP contribution in [0.4, 0.5) is 0 Å². The highest BCUT2D eigenvalue weighted by atomic mass is 32.1. The molecule has 1 heterocycles. The Bertz CT molecular complexity index is 502. The molecule has 0 aliphatic rings. The Morgan fingerprint density at radius 2 is 2.00 bits per heavy atom. The second-order valence-electron chi connectivity index (χ2n) is 3.80. The first-order valence-electron chi connectivity index (χ1n) is 5.19. The van der Waals surface area contributed by atoms with Crippen molar-refractivity contribution in [3.63, 3.8) is 0 Å². The van der Waals surface area contributed by atoms with Crippen LogP contribution >= 0.6 is 11.3 Å². The fourth-order valence-electron chi connectivity index (χ4n) is 1.53. The van der Waals surface area contributed by atoms with E-state index in [1.54, 1.807) is 11.3 Å². The van der Waals surface area contributed by atoms with Gasteiger partial charge in [-0.1, -0.05) is 41.7 Å². The Morgan fingerprint density at radius 1 is 1.31 bits per heavy atom. The summed E-state index contributed by atoms with van der Waals surface area (Å²) in [4.78, 5) is 12.0. The van der Waals surface area contributed by atoms with Crippen molar-refractivity contribution in [3.8, 4) is 0 Å². The van der Waals surface area contributed by atoms with E-state index in [2.05, 4.69) is 9.95 Å². The van der Waals surface area contributed by atoms with Crippen molar-refractivity contribution >= 4 is 17.1 Å². The third-order valence-electron chi connectivity index (χ3n) is 2.68. The number of carbonyl (C=O) groups excluding carboxylic acids is 1. The van der Waals surface area contributed by atoms with Gasteiger partial charge in [0.2, 0.25) is 5.01 Å². The molecule has 0 unspecified atom stereocenters. The molecule has 3 heteroatoms. The monoisotopic (exact) mass is 232 g/mol. The number of aromatic nitrogens is 1. The van der Waals surface area contributed by atoms with E-state index in [9.17, 15) is 4.79 Å². The van der Waals surface area contributed by atoms with Gasteiger partial charge in [0.25, 0.3) is 0 Å². The molecule has 0 aliphatic carbocycles. The molecule has 0 amide bonds. The van der Waals surface area contributed by atoms with Crippen LogP contribution in [-0.2, 0) is 13.5 Å². The number of benzene rings is 1. The molecule has 2 aromatic rings. The summed E-state index contributed by atoms with van der Waals surface area (Å²) in [5.41, 5.74) is 1.98. The van der Waals surface area contributed by atoms with Crippen LogP contribution in [0.1, 0.15) is 21.1 Å². The Hall–Kier alpha value is -1.48. The Kier molecular flexibility index (Phi) is 3.15. The zero-order chi connectivity index (χ0) is 11.5. The van der Waals surface area contributed by atoms with E-state index in [4.69, 9.17) is 0 Å². The maximum absolute atomic E-state index is 12.0. The summed E-state index contributed by atoms with van der Waals surface area (Å²) < 4.78 is 2.07. The van der Waals surface area contributed by atoms with E-state index in [1.807, 2.05) is 44.3 Å². The number of thiazole rings is 1. The highest BCUT2D eigenvalue weighted by molar-refractivity contribution is 7.09. The molecule has 0 atom stereocenters. The highest BCUT2D eigenvalue weighted by Crippen LogP contribution is 2.10. The van der Waals surface area contributed by atoms with Crippen LogP contribution in [0.25, 0.3) is 0 Å². The fraction of sp³-hybridized carbons (Fsp3) is 0.231. The van der Waals surface area contributed by atoms with E-state index >= 15 is 0 Å². The molecule has 2 rings (SSSR count). The Labute approximate surface area is 99.2 Å². The van der Waals surface area contributed by atoms with Crippen LogP contribution in [0.5, 0.6) is 0 Å². The number of hydrogen-bond acceptors (Lipinski definition) is 2. The third-order valence-corrected chi connectivity index (χ3v) is 3.83. The van der Waals surface area contributed by atoms with Gasteiger partial charge in [-0.25, -0.2) is 0 Å². The van der Waals surface area contributed by atoms with Crippen LogP contribution in [0.2, 0.25) is 0 Å². The SMILES string of the molecule is Cc1csc(CC(=O)c2ccccc2)[n+]1C. The van der Waals surface area contributed by atoms with Crippen LogP contribution in [0.3, 0.4) is 0 Å². The van der Waals surface area contributed by atoms with Gasteiger partial charge >= 0.3 is 0 Å². The molecule has 1 aromatic carbocycles. The van der Waals surface area contributed by atoms with Gasteiger partial charge in [-0.15, -0.1) is 0 Å². The van der Waals surface area contributed by atoms with Gasteiger partial charge < -0.3 is 0 Å². The van der Waals surface area contributed by atoms with E-state index < -0.39 is 0 Å². The van der Waals surface area contributed by atoms with Crippen molar-refractivity contribution in [3.05, 3.63) is 52.0 Å². The third kappa shape index (κ3) is 2.19. The summed E-state index contributed by atoms with van der Waals surface area (Å²) in [6.45, 7) is 2.05. The zero-order valence-corrected chi connectivity index (χ0v) is 10.3. The molecule has 82 valence electrons. The topological polar surface area (TPSA) is 20.9 Å². The molecule has 0 spiro atoms. The highest BCUT2D eigenvalue weighted by Gasteiger charge is 2.17. The Morgan fingerprint density at radius 3 is 2.56 bits per heavy atom. The molecular formula is C13H14NOS+. The summed E-state index contributed by atoms with van der Waals surface area (Å²) in [6, 6.07) is 9.44. The predicted molar refractivity (Wildman–Crippen MR) is 64.7 cm³/mol. The van der Waals surface area contributed by atoms with Crippen molar-refractivity contribution in [2.24, 2.45) is 7.05 Å². The fourth-order valence-corrected chi connectivity index (χ4v) is 2.51. The lowest BCUT2D eigenvalue weighted by Crippen LogP contribution is -2.34. The molecule has 0 aliphatic heterocycles. The van der Waals surface area contributed by atoms with Gasteiger partial charge in [-0.3, -0.25) is 4.79 Å². The minimum atomic E-state index is 0.179. The van der Waals surface area contributed by atoms with Gasteiger partial charge in [0.05, 0.1) is 5.38 Å².